The number of hydrogen-bond donors (Lipinski definition) is 0. The quantitative estimate of drug-likeness (QED) is 0.602. The Morgan fingerprint density at radius 2 is 1.87 bits per heavy atom. The van der Waals surface area contributed by atoms with Gasteiger partial charge >= 0.3 is 0 Å². The topological polar surface area (TPSA) is 34.1 Å². The molecule has 0 saturated heterocycles. The monoisotopic (exact) mass is 240 g/mol. The van der Waals surface area contributed by atoms with Crippen molar-refractivity contribution in [3.8, 4) is 0 Å². The Bertz CT molecular complexity index is 396. The number of halogens is 1. The van der Waals surface area contributed by atoms with E-state index in [1.165, 1.54) is 6.08 Å². The van der Waals surface area contributed by atoms with Gasteiger partial charge in [-0.05, 0) is 30.0 Å². The van der Waals surface area contributed by atoms with Crippen LogP contribution in [0.4, 0.5) is 0 Å². The molecule has 0 aliphatic heterocycles. The molecule has 0 N–H and O–H groups in total. The Morgan fingerprint density at radius 1 is 1.27 bits per heavy atom. The molecule has 0 spiro atoms. The number of carbonyl (C=O) groups excluding carboxylic acids is 2. The molecule has 0 amide bonds. The van der Waals surface area contributed by atoms with Gasteiger partial charge in [0, 0.05) is 5.02 Å². The molecule has 0 heterocycles. The van der Waals surface area contributed by atoms with Crippen LogP contribution in [0.1, 0.15) is 5.56 Å². The summed E-state index contributed by atoms with van der Waals surface area (Å²) in [7, 11) is 0. The molecule has 15 heavy (non-hydrogen) atoms. The highest BCUT2D eigenvalue weighted by atomic mass is 35.5. The fraction of sp³-hybridized carbons (Fsp3) is 0.0909. The highest BCUT2D eigenvalue weighted by Gasteiger charge is 2.06. The van der Waals surface area contributed by atoms with Gasteiger partial charge in [-0.15, -0.1) is 0 Å². The van der Waals surface area contributed by atoms with Gasteiger partial charge in [0.2, 0.25) is 5.78 Å². The van der Waals surface area contributed by atoms with E-state index in [-0.39, 0.29) is 0 Å². The lowest BCUT2D eigenvalue weighted by atomic mass is 10.2. The summed E-state index contributed by atoms with van der Waals surface area (Å²) >= 11 is 6.61. The molecule has 0 atom stereocenters. The molecule has 0 fully saturated rings. The number of allylic oxidation sites excluding steroid dienone is 1. The molecule has 0 radical (unpaired) electrons. The molecule has 1 aromatic carbocycles. The zero-order chi connectivity index (χ0) is 11.3. The van der Waals surface area contributed by atoms with Gasteiger partial charge in [0.05, 0.1) is 0 Å². The maximum absolute atomic E-state index is 11.1. The Morgan fingerprint density at radius 3 is 2.40 bits per heavy atom. The second-order valence-electron chi connectivity index (χ2n) is 2.74. The first-order valence-corrected chi connectivity index (χ1v) is 5.79. The smallest absolute Gasteiger partial charge is 0.259 e. The normalized spacial score (nSPS) is 10.5. The molecule has 4 heteroatoms. The van der Waals surface area contributed by atoms with Crippen LogP contribution in [0.25, 0.3) is 6.08 Å². The highest BCUT2D eigenvalue weighted by Crippen LogP contribution is 2.10. The van der Waals surface area contributed by atoms with Crippen LogP contribution in [0.2, 0.25) is 5.02 Å². The van der Waals surface area contributed by atoms with E-state index in [9.17, 15) is 9.59 Å². The lowest BCUT2D eigenvalue weighted by Gasteiger charge is -1.93. The Hall–Kier alpha value is -1.06. The molecule has 0 aliphatic carbocycles. The third-order valence-electron chi connectivity index (χ3n) is 1.68. The Balaban J connectivity index is 2.69. The molecule has 0 saturated carbocycles. The third-order valence-corrected chi connectivity index (χ3v) is 2.51. The molecule has 1 aromatic rings. The molecule has 0 unspecified atom stereocenters. The average Bonchev–Trinajstić information content (AvgIpc) is 2.26. The highest BCUT2D eigenvalue weighted by molar-refractivity contribution is 8.14. The summed E-state index contributed by atoms with van der Waals surface area (Å²) in [6, 6.07) is 7.00. The van der Waals surface area contributed by atoms with Crippen molar-refractivity contribution < 1.29 is 9.59 Å². The second kappa shape index (κ2) is 5.73. The SMILES string of the molecule is CSC(=O)C(=O)/C=C/c1ccc(Cl)cc1. The van der Waals surface area contributed by atoms with Gasteiger partial charge < -0.3 is 0 Å². The predicted octanol–water partition coefficient (Wildman–Crippen LogP) is 2.81. The molecule has 0 aliphatic rings. The Labute approximate surface area is 97.3 Å². The van der Waals surface area contributed by atoms with Crippen LogP contribution in [0.15, 0.2) is 30.3 Å². The van der Waals surface area contributed by atoms with Gasteiger partial charge in [-0.2, -0.15) is 0 Å². The number of hydrogen-bond acceptors (Lipinski definition) is 3. The van der Waals surface area contributed by atoms with E-state index in [1.54, 1.807) is 36.6 Å². The average molecular weight is 241 g/mol. The zero-order valence-electron chi connectivity index (χ0n) is 8.07. The van der Waals surface area contributed by atoms with Gasteiger partial charge in [0.15, 0.2) is 0 Å². The van der Waals surface area contributed by atoms with Crippen molar-refractivity contribution in [2.75, 3.05) is 6.26 Å². The summed E-state index contributed by atoms with van der Waals surface area (Å²) in [5, 5.41) is 0.180. The maximum atomic E-state index is 11.1. The van der Waals surface area contributed by atoms with Crippen LogP contribution >= 0.6 is 23.4 Å². The van der Waals surface area contributed by atoms with Gasteiger partial charge in [-0.25, -0.2) is 0 Å². The van der Waals surface area contributed by atoms with Crippen LogP contribution in [0, 0.1) is 0 Å². The van der Waals surface area contributed by atoms with Crippen molar-refractivity contribution in [2.24, 2.45) is 0 Å². The van der Waals surface area contributed by atoms with Crippen molar-refractivity contribution >= 4 is 40.3 Å². The molecular weight excluding hydrogens is 232 g/mol. The number of thioether (sulfide) groups is 1. The van der Waals surface area contributed by atoms with Gasteiger partial charge in [-0.3, -0.25) is 9.59 Å². The van der Waals surface area contributed by atoms with Gasteiger partial charge in [0.1, 0.15) is 0 Å². The standard InChI is InChI=1S/C11H9ClO2S/c1-15-11(14)10(13)7-4-8-2-5-9(12)6-3-8/h2-7H,1H3/b7-4+. The minimum atomic E-state index is -0.502. The van der Waals surface area contributed by atoms with Crippen LogP contribution in [-0.2, 0) is 9.59 Å². The molecule has 1 rings (SSSR count). The molecule has 78 valence electrons. The summed E-state index contributed by atoms with van der Waals surface area (Å²) in [5.41, 5.74) is 0.835. The minimum Gasteiger partial charge on any atom is -0.285 e. The predicted molar refractivity (Wildman–Crippen MR) is 64.0 cm³/mol. The first kappa shape index (κ1) is 12.0. The zero-order valence-corrected chi connectivity index (χ0v) is 9.64. The van der Waals surface area contributed by atoms with Crippen LogP contribution < -0.4 is 0 Å². The number of ketones is 1. The molecule has 0 aromatic heterocycles. The third kappa shape index (κ3) is 3.90. The second-order valence-corrected chi connectivity index (χ2v) is 3.96. The van der Waals surface area contributed by atoms with E-state index in [4.69, 9.17) is 11.6 Å². The summed E-state index contributed by atoms with van der Waals surface area (Å²) in [6.45, 7) is 0. The summed E-state index contributed by atoms with van der Waals surface area (Å²) in [5.74, 6) is -0.502. The summed E-state index contributed by atoms with van der Waals surface area (Å²) in [4.78, 5) is 22.1. The van der Waals surface area contributed by atoms with E-state index in [1.807, 2.05) is 0 Å². The van der Waals surface area contributed by atoms with Gasteiger partial charge in [0.25, 0.3) is 5.12 Å². The Kier molecular flexibility index (Phi) is 4.59. The van der Waals surface area contributed by atoms with Crippen molar-refractivity contribution in [3.63, 3.8) is 0 Å². The van der Waals surface area contributed by atoms with Gasteiger partial charge in [-0.1, -0.05) is 41.6 Å². The van der Waals surface area contributed by atoms with E-state index < -0.39 is 10.9 Å². The van der Waals surface area contributed by atoms with Crippen molar-refractivity contribution in [1.82, 2.24) is 0 Å². The molecule has 2 nitrogen and oxygen atoms in total. The summed E-state index contributed by atoms with van der Waals surface area (Å²) in [6.07, 6.45) is 4.44. The first-order chi connectivity index (χ1) is 7.13. The number of benzene rings is 1. The number of carbonyl (C=O) groups is 2. The lowest BCUT2D eigenvalue weighted by Crippen LogP contribution is -2.04. The largest absolute Gasteiger partial charge is 0.285 e. The minimum absolute atomic E-state index is 0.458. The number of rotatable bonds is 3. The fourth-order valence-corrected chi connectivity index (χ4v) is 1.31. The van der Waals surface area contributed by atoms with E-state index in [0.29, 0.717) is 5.02 Å². The first-order valence-electron chi connectivity index (χ1n) is 4.19. The maximum Gasteiger partial charge on any atom is 0.259 e. The van der Waals surface area contributed by atoms with E-state index in [0.717, 1.165) is 17.3 Å². The molecule has 0 bridgehead atoms. The van der Waals surface area contributed by atoms with Crippen molar-refractivity contribution in [3.05, 3.63) is 40.9 Å². The van der Waals surface area contributed by atoms with Crippen LogP contribution in [-0.4, -0.2) is 17.2 Å². The van der Waals surface area contributed by atoms with E-state index >= 15 is 0 Å². The lowest BCUT2D eigenvalue weighted by molar-refractivity contribution is -0.128. The van der Waals surface area contributed by atoms with Crippen LogP contribution in [0.3, 0.4) is 0 Å². The van der Waals surface area contributed by atoms with E-state index in [2.05, 4.69) is 0 Å². The van der Waals surface area contributed by atoms with Crippen LogP contribution in [0.5, 0.6) is 0 Å². The molecular formula is C11H9ClO2S. The van der Waals surface area contributed by atoms with Crippen molar-refractivity contribution in [1.29, 1.82) is 0 Å². The summed E-state index contributed by atoms with van der Waals surface area (Å²) < 4.78 is 0. The van der Waals surface area contributed by atoms with Crippen molar-refractivity contribution in [2.45, 2.75) is 0 Å². The fourth-order valence-electron chi connectivity index (χ4n) is 0.914.